The largest absolute Gasteiger partial charge is 0.356 e. The molecule has 0 atom stereocenters. The first-order chi connectivity index (χ1) is 11.2. The Balaban J connectivity index is 2.35. The van der Waals surface area contributed by atoms with Gasteiger partial charge in [-0.05, 0) is 23.0 Å². The van der Waals surface area contributed by atoms with Crippen LogP contribution in [-0.2, 0) is 16.6 Å². The molecule has 0 aliphatic rings. The van der Waals surface area contributed by atoms with Crippen molar-refractivity contribution in [2.24, 2.45) is 4.99 Å². The second-order valence-electron chi connectivity index (χ2n) is 7.16. The highest BCUT2D eigenvalue weighted by molar-refractivity contribution is 5.81. The summed E-state index contributed by atoms with van der Waals surface area (Å²) in [7, 11) is 5.27. The summed E-state index contributed by atoms with van der Waals surface area (Å²) < 4.78 is 0. The molecule has 5 heteroatoms. The van der Waals surface area contributed by atoms with Crippen LogP contribution in [0.5, 0.6) is 0 Å². The fraction of sp³-hybridized carbons (Fsp3) is 0.579. The molecule has 0 saturated heterocycles. The van der Waals surface area contributed by atoms with Crippen molar-refractivity contribution in [3.63, 3.8) is 0 Å². The molecule has 0 aliphatic heterocycles. The maximum atomic E-state index is 11.5. The second kappa shape index (κ2) is 9.30. The van der Waals surface area contributed by atoms with Crippen LogP contribution in [0, 0.1) is 0 Å². The Bertz CT molecular complexity index is 541. The van der Waals surface area contributed by atoms with Crippen LogP contribution >= 0.6 is 0 Å². The summed E-state index contributed by atoms with van der Waals surface area (Å²) >= 11 is 0. The summed E-state index contributed by atoms with van der Waals surface area (Å²) in [5.41, 5.74) is 2.84. The zero-order chi connectivity index (χ0) is 18.2. The Morgan fingerprint density at radius 1 is 1.08 bits per heavy atom. The van der Waals surface area contributed by atoms with Crippen molar-refractivity contribution in [2.45, 2.75) is 39.0 Å². The van der Waals surface area contributed by atoms with Crippen molar-refractivity contribution in [1.82, 2.24) is 15.5 Å². The van der Waals surface area contributed by atoms with Gasteiger partial charge in [0.1, 0.15) is 0 Å². The summed E-state index contributed by atoms with van der Waals surface area (Å²) in [5.74, 6) is 0.838. The van der Waals surface area contributed by atoms with Crippen LogP contribution in [0.3, 0.4) is 0 Å². The Morgan fingerprint density at radius 2 is 1.67 bits per heavy atom. The molecule has 0 spiro atoms. The number of carbonyl (C=O) groups is 1. The zero-order valence-electron chi connectivity index (χ0n) is 15.9. The number of hydrogen-bond acceptors (Lipinski definition) is 2. The number of nitrogens with zero attached hydrogens (tertiary/aromatic N) is 2. The van der Waals surface area contributed by atoms with Gasteiger partial charge in [-0.1, -0.05) is 45.0 Å². The van der Waals surface area contributed by atoms with Gasteiger partial charge in [0.25, 0.3) is 0 Å². The molecule has 1 rings (SSSR count). The number of nitrogens with one attached hydrogen (secondary N) is 2. The van der Waals surface area contributed by atoms with Gasteiger partial charge in [0.2, 0.25) is 5.91 Å². The fourth-order valence-corrected chi connectivity index (χ4v) is 2.23. The third-order valence-corrected chi connectivity index (χ3v) is 3.88. The second-order valence-corrected chi connectivity index (χ2v) is 7.16. The number of hydrogen-bond donors (Lipinski definition) is 2. The maximum Gasteiger partial charge on any atom is 0.223 e. The predicted octanol–water partition coefficient (Wildman–Crippen LogP) is 2.17. The Labute approximate surface area is 146 Å². The van der Waals surface area contributed by atoms with Crippen molar-refractivity contribution < 1.29 is 4.79 Å². The first-order valence-electron chi connectivity index (χ1n) is 8.48. The summed E-state index contributed by atoms with van der Waals surface area (Å²) in [4.78, 5) is 17.3. The lowest BCUT2D eigenvalue weighted by molar-refractivity contribution is -0.128. The normalized spacial score (nSPS) is 12.0. The molecule has 1 aromatic carbocycles. The lowest BCUT2D eigenvalue weighted by Crippen LogP contribution is -2.40. The highest BCUT2D eigenvalue weighted by Gasteiger charge is 2.12. The smallest absolute Gasteiger partial charge is 0.223 e. The summed E-state index contributed by atoms with van der Waals surface area (Å²) in [6.07, 6.45) is 1.39. The molecule has 0 unspecified atom stereocenters. The molecule has 0 bridgehead atoms. The van der Waals surface area contributed by atoms with Gasteiger partial charge in [-0.25, -0.2) is 0 Å². The lowest BCUT2D eigenvalue weighted by atomic mass is 9.86. The quantitative estimate of drug-likeness (QED) is 0.620. The van der Waals surface area contributed by atoms with E-state index in [1.165, 1.54) is 11.1 Å². The van der Waals surface area contributed by atoms with Gasteiger partial charge in [0.05, 0.1) is 0 Å². The molecule has 2 N–H and O–H groups in total. The molecule has 0 heterocycles. The van der Waals surface area contributed by atoms with Gasteiger partial charge in [-0.3, -0.25) is 9.79 Å². The molecular formula is C19H32N4O. The molecule has 134 valence electrons. The first kappa shape index (κ1) is 20.0. The van der Waals surface area contributed by atoms with Gasteiger partial charge in [0.15, 0.2) is 5.96 Å². The minimum absolute atomic E-state index is 0.108. The SMILES string of the molecule is CN=C(NCCC(=O)N(C)C)NCCc1ccc(C(C)(C)C)cc1. The van der Waals surface area contributed by atoms with Crippen molar-refractivity contribution in [3.05, 3.63) is 35.4 Å². The Kier molecular flexibility index (Phi) is 7.75. The van der Waals surface area contributed by atoms with Gasteiger partial charge >= 0.3 is 0 Å². The minimum atomic E-state index is 0.108. The van der Waals surface area contributed by atoms with Crippen LogP contribution in [0.15, 0.2) is 29.3 Å². The predicted molar refractivity (Wildman–Crippen MR) is 102 cm³/mol. The van der Waals surface area contributed by atoms with E-state index in [2.05, 4.69) is 60.7 Å². The fourth-order valence-electron chi connectivity index (χ4n) is 2.23. The van der Waals surface area contributed by atoms with Gasteiger partial charge < -0.3 is 15.5 Å². The Morgan fingerprint density at radius 3 is 2.17 bits per heavy atom. The topological polar surface area (TPSA) is 56.7 Å². The van der Waals surface area contributed by atoms with Crippen molar-refractivity contribution in [1.29, 1.82) is 0 Å². The highest BCUT2D eigenvalue weighted by Crippen LogP contribution is 2.22. The van der Waals surface area contributed by atoms with Crippen molar-refractivity contribution in [2.75, 3.05) is 34.2 Å². The maximum absolute atomic E-state index is 11.5. The molecular weight excluding hydrogens is 300 g/mol. The zero-order valence-corrected chi connectivity index (χ0v) is 15.9. The van der Waals surface area contributed by atoms with E-state index in [4.69, 9.17) is 0 Å². The van der Waals surface area contributed by atoms with Crippen LogP contribution in [0.4, 0.5) is 0 Å². The van der Waals surface area contributed by atoms with E-state index in [1.54, 1.807) is 26.0 Å². The molecule has 0 aromatic heterocycles. The number of benzene rings is 1. The standard InChI is InChI=1S/C19H32N4O/c1-19(2,3)16-9-7-15(8-10-16)11-13-21-18(20-4)22-14-12-17(24)23(5)6/h7-10H,11-14H2,1-6H3,(H2,20,21,22). The summed E-state index contributed by atoms with van der Waals surface area (Å²) in [5, 5.41) is 6.44. The summed E-state index contributed by atoms with van der Waals surface area (Å²) in [6, 6.07) is 8.78. The van der Waals surface area contributed by atoms with E-state index in [0.29, 0.717) is 13.0 Å². The van der Waals surface area contributed by atoms with E-state index in [9.17, 15) is 4.79 Å². The molecule has 1 aromatic rings. The van der Waals surface area contributed by atoms with Crippen LogP contribution in [0.25, 0.3) is 0 Å². The van der Waals surface area contributed by atoms with E-state index in [0.717, 1.165) is 18.9 Å². The van der Waals surface area contributed by atoms with Gasteiger partial charge in [-0.15, -0.1) is 0 Å². The number of carbonyl (C=O) groups excluding carboxylic acids is 1. The molecule has 5 nitrogen and oxygen atoms in total. The molecule has 0 saturated carbocycles. The molecule has 24 heavy (non-hydrogen) atoms. The third kappa shape index (κ3) is 7.02. The number of rotatable bonds is 6. The lowest BCUT2D eigenvalue weighted by Gasteiger charge is -2.19. The van der Waals surface area contributed by atoms with E-state index in [-0.39, 0.29) is 11.3 Å². The van der Waals surface area contributed by atoms with Crippen LogP contribution in [-0.4, -0.2) is 51.0 Å². The van der Waals surface area contributed by atoms with Gasteiger partial charge in [0, 0.05) is 40.7 Å². The van der Waals surface area contributed by atoms with E-state index >= 15 is 0 Å². The van der Waals surface area contributed by atoms with E-state index in [1.807, 2.05) is 0 Å². The number of amides is 1. The average molecular weight is 332 g/mol. The van der Waals surface area contributed by atoms with Gasteiger partial charge in [-0.2, -0.15) is 0 Å². The van der Waals surface area contributed by atoms with Crippen LogP contribution in [0.1, 0.15) is 38.3 Å². The average Bonchev–Trinajstić information content (AvgIpc) is 2.52. The number of aliphatic imine (C=N–C) groups is 1. The molecule has 0 radical (unpaired) electrons. The first-order valence-corrected chi connectivity index (χ1v) is 8.48. The minimum Gasteiger partial charge on any atom is -0.356 e. The summed E-state index contributed by atoms with van der Waals surface area (Å²) in [6.45, 7) is 8.05. The van der Waals surface area contributed by atoms with Crippen molar-refractivity contribution >= 4 is 11.9 Å². The third-order valence-electron chi connectivity index (χ3n) is 3.88. The highest BCUT2D eigenvalue weighted by atomic mass is 16.2. The Hall–Kier alpha value is -2.04. The van der Waals surface area contributed by atoms with Crippen LogP contribution in [0.2, 0.25) is 0 Å². The number of guanidine groups is 1. The van der Waals surface area contributed by atoms with Crippen LogP contribution < -0.4 is 10.6 Å². The van der Waals surface area contributed by atoms with E-state index < -0.39 is 0 Å². The molecule has 0 fully saturated rings. The van der Waals surface area contributed by atoms with Crippen molar-refractivity contribution in [3.8, 4) is 0 Å². The monoisotopic (exact) mass is 332 g/mol. The molecule has 0 aliphatic carbocycles. The molecule has 1 amide bonds.